The van der Waals surface area contributed by atoms with Crippen molar-refractivity contribution in [3.8, 4) is 0 Å². The number of aromatic nitrogens is 2. The highest BCUT2D eigenvalue weighted by Gasteiger charge is 2.55. The van der Waals surface area contributed by atoms with Crippen molar-refractivity contribution in [1.29, 1.82) is 0 Å². The van der Waals surface area contributed by atoms with Crippen LogP contribution in [0, 0.1) is 0 Å². The van der Waals surface area contributed by atoms with E-state index in [0.29, 0.717) is 31.0 Å². The summed E-state index contributed by atoms with van der Waals surface area (Å²) in [6.45, 7) is 2.66. The Balaban J connectivity index is 1.56. The van der Waals surface area contributed by atoms with E-state index in [1.807, 2.05) is 0 Å². The van der Waals surface area contributed by atoms with Crippen LogP contribution in [0.2, 0.25) is 0 Å². The SMILES string of the molecule is C[C@H]1CN(C(=O)c2ccc(C3(O)CCC3)cc2)Cc2cnc(C(C)(O)C(F)(F)F)n21. The van der Waals surface area contributed by atoms with Crippen molar-refractivity contribution in [1.82, 2.24) is 14.5 Å². The highest BCUT2D eigenvalue weighted by atomic mass is 19.4. The average molecular weight is 423 g/mol. The maximum Gasteiger partial charge on any atom is 0.424 e. The molecule has 4 rings (SSSR count). The molecule has 0 spiro atoms. The van der Waals surface area contributed by atoms with Gasteiger partial charge in [-0.25, -0.2) is 4.98 Å². The second-order valence-electron chi connectivity index (χ2n) is 8.51. The van der Waals surface area contributed by atoms with Crippen LogP contribution in [0.3, 0.4) is 0 Å². The number of carbonyl (C=O) groups excluding carboxylic acids is 1. The molecule has 1 aliphatic carbocycles. The van der Waals surface area contributed by atoms with Gasteiger partial charge in [0.25, 0.3) is 5.91 Å². The highest BCUT2D eigenvalue weighted by Crippen LogP contribution is 2.42. The van der Waals surface area contributed by atoms with E-state index in [1.165, 1.54) is 10.8 Å². The number of carbonyl (C=O) groups is 1. The number of halogens is 3. The molecule has 2 atom stereocenters. The molecular weight excluding hydrogens is 399 g/mol. The van der Waals surface area contributed by atoms with Crippen LogP contribution in [-0.4, -0.2) is 43.3 Å². The summed E-state index contributed by atoms with van der Waals surface area (Å²) in [7, 11) is 0. The Kier molecular flexibility index (Phi) is 4.74. The fraction of sp³-hybridized carbons (Fsp3) is 0.524. The van der Waals surface area contributed by atoms with Crippen molar-refractivity contribution in [2.75, 3.05) is 6.54 Å². The van der Waals surface area contributed by atoms with Crippen LogP contribution < -0.4 is 0 Å². The molecule has 6 nitrogen and oxygen atoms in total. The molecule has 162 valence electrons. The third-order valence-electron chi connectivity index (χ3n) is 6.28. The molecule has 2 aliphatic rings. The number of benzene rings is 1. The summed E-state index contributed by atoms with van der Waals surface area (Å²) in [5.41, 5.74) is -2.22. The topological polar surface area (TPSA) is 78.6 Å². The van der Waals surface area contributed by atoms with E-state index in [-0.39, 0.29) is 19.0 Å². The van der Waals surface area contributed by atoms with Gasteiger partial charge in [0.15, 0.2) is 5.82 Å². The molecule has 0 radical (unpaired) electrons. The maximum absolute atomic E-state index is 13.3. The lowest BCUT2D eigenvalue weighted by atomic mass is 9.75. The quantitative estimate of drug-likeness (QED) is 0.795. The molecule has 9 heteroatoms. The smallest absolute Gasteiger partial charge is 0.385 e. The monoisotopic (exact) mass is 423 g/mol. The van der Waals surface area contributed by atoms with Crippen molar-refractivity contribution in [2.24, 2.45) is 0 Å². The summed E-state index contributed by atoms with van der Waals surface area (Å²) < 4.78 is 41.2. The number of imidazole rings is 1. The number of nitrogens with zero attached hydrogens (tertiary/aromatic N) is 3. The minimum atomic E-state index is -4.87. The van der Waals surface area contributed by atoms with Gasteiger partial charge in [0.05, 0.1) is 30.1 Å². The molecule has 1 fully saturated rings. The summed E-state index contributed by atoms with van der Waals surface area (Å²) in [6.07, 6.45) is -1.20. The second-order valence-corrected chi connectivity index (χ2v) is 8.51. The zero-order valence-corrected chi connectivity index (χ0v) is 16.8. The Hall–Kier alpha value is -2.39. The maximum atomic E-state index is 13.3. The summed E-state index contributed by atoms with van der Waals surface area (Å²) in [5.74, 6) is -0.715. The number of fused-ring (bicyclic) bond motifs is 1. The predicted octanol–water partition coefficient (Wildman–Crippen LogP) is 3.24. The second kappa shape index (κ2) is 6.81. The Labute approximate surface area is 172 Å². The van der Waals surface area contributed by atoms with Gasteiger partial charge < -0.3 is 19.7 Å². The van der Waals surface area contributed by atoms with Gasteiger partial charge in [-0.1, -0.05) is 12.1 Å². The average Bonchev–Trinajstić information content (AvgIpc) is 3.10. The van der Waals surface area contributed by atoms with E-state index in [9.17, 15) is 28.2 Å². The largest absolute Gasteiger partial charge is 0.424 e. The molecule has 2 heterocycles. The van der Waals surface area contributed by atoms with Crippen LogP contribution >= 0.6 is 0 Å². The van der Waals surface area contributed by atoms with Crippen molar-refractivity contribution in [2.45, 2.75) is 63.1 Å². The number of hydrogen-bond acceptors (Lipinski definition) is 4. The molecule has 1 unspecified atom stereocenters. The molecule has 2 N–H and O–H groups in total. The number of amides is 1. The highest BCUT2D eigenvalue weighted by molar-refractivity contribution is 5.94. The normalized spacial score (nSPS) is 22.8. The fourth-order valence-corrected chi connectivity index (χ4v) is 4.21. The lowest BCUT2D eigenvalue weighted by molar-refractivity contribution is -0.263. The lowest BCUT2D eigenvalue weighted by Gasteiger charge is -2.37. The van der Waals surface area contributed by atoms with Crippen LogP contribution in [-0.2, 0) is 17.7 Å². The molecule has 1 aromatic carbocycles. The fourth-order valence-electron chi connectivity index (χ4n) is 4.21. The van der Waals surface area contributed by atoms with Gasteiger partial charge in [-0.3, -0.25) is 4.79 Å². The zero-order valence-electron chi connectivity index (χ0n) is 16.8. The first kappa shape index (κ1) is 20.9. The van der Waals surface area contributed by atoms with E-state index in [4.69, 9.17) is 0 Å². The summed E-state index contributed by atoms with van der Waals surface area (Å²) >= 11 is 0. The van der Waals surface area contributed by atoms with Crippen LogP contribution in [0.1, 0.15) is 66.6 Å². The third-order valence-corrected chi connectivity index (χ3v) is 6.28. The minimum Gasteiger partial charge on any atom is -0.385 e. The molecule has 1 saturated carbocycles. The van der Waals surface area contributed by atoms with Crippen LogP contribution in [0.5, 0.6) is 0 Å². The van der Waals surface area contributed by atoms with Crippen molar-refractivity contribution in [3.05, 3.63) is 53.1 Å². The van der Waals surface area contributed by atoms with Gasteiger partial charge in [-0.2, -0.15) is 13.2 Å². The number of rotatable bonds is 3. The molecule has 1 amide bonds. The Morgan fingerprint density at radius 1 is 1.23 bits per heavy atom. The molecule has 30 heavy (non-hydrogen) atoms. The third kappa shape index (κ3) is 3.20. The van der Waals surface area contributed by atoms with Gasteiger partial charge in [0.1, 0.15) is 0 Å². The molecule has 0 bridgehead atoms. The van der Waals surface area contributed by atoms with E-state index in [1.54, 1.807) is 36.1 Å². The summed E-state index contributed by atoms with van der Waals surface area (Å²) in [6, 6.07) is 6.36. The first-order valence-electron chi connectivity index (χ1n) is 9.92. The van der Waals surface area contributed by atoms with E-state index in [0.717, 1.165) is 12.0 Å². The minimum absolute atomic E-state index is 0.0931. The van der Waals surface area contributed by atoms with Gasteiger partial charge in [-0.15, -0.1) is 0 Å². The first-order valence-corrected chi connectivity index (χ1v) is 9.92. The summed E-state index contributed by atoms with van der Waals surface area (Å²) in [4.78, 5) is 18.4. The molecule has 0 saturated heterocycles. The zero-order chi connectivity index (χ0) is 21.9. The number of aliphatic hydroxyl groups is 2. The van der Waals surface area contributed by atoms with Gasteiger partial charge in [0, 0.05) is 12.1 Å². The van der Waals surface area contributed by atoms with Gasteiger partial charge >= 0.3 is 6.18 Å². The Bertz CT molecular complexity index is 962. The van der Waals surface area contributed by atoms with Crippen molar-refractivity contribution >= 4 is 5.91 Å². The predicted molar refractivity (Wildman–Crippen MR) is 101 cm³/mol. The summed E-state index contributed by atoms with van der Waals surface area (Å²) in [5, 5.41) is 20.5. The first-order chi connectivity index (χ1) is 13.9. The molecular formula is C21H24F3N3O3. The van der Waals surface area contributed by atoms with Crippen LogP contribution in [0.4, 0.5) is 13.2 Å². The Morgan fingerprint density at radius 3 is 2.40 bits per heavy atom. The Morgan fingerprint density at radius 2 is 1.87 bits per heavy atom. The van der Waals surface area contributed by atoms with E-state index < -0.39 is 29.2 Å². The molecule has 1 aliphatic heterocycles. The number of hydrogen-bond donors (Lipinski definition) is 2. The van der Waals surface area contributed by atoms with Crippen molar-refractivity contribution < 1.29 is 28.2 Å². The van der Waals surface area contributed by atoms with Crippen LogP contribution in [0.15, 0.2) is 30.5 Å². The van der Waals surface area contributed by atoms with E-state index >= 15 is 0 Å². The standard InChI is InChI=1S/C21H24F3N3O3/c1-13-11-26(12-16-10-25-18(27(13)16)19(2,29)21(22,23)24)17(28)14-4-6-15(7-5-14)20(30)8-3-9-20/h4-7,10,13,29-30H,3,8-9,11-12H2,1-2H3/t13-,19?/m0/s1. The lowest BCUT2D eigenvalue weighted by Crippen LogP contribution is -2.45. The van der Waals surface area contributed by atoms with Crippen molar-refractivity contribution in [3.63, 3.8) is 0 Å². The van der Waals surface area contributed by atoms with E-state index in [2.05, 4.69) is 4.98 Å². The van der Waals surface area contributed by atoms with Crippen LogP contribution in [0.25, 0.3) is 0 Å². The van der Waals surface area contributed by atoms with Gasteiger partial charge in [-0.05, 0) is 50.8 Å². The molecule has 2 aromatic rings. The van der Waals surface area contributed by atoms with Gasteiger partial charge in [0.2, 0.25) is 5.60 Å². The number of alkyl halides is 3. The molecule has 1 aromatic heterocycles.